The van der Waals surface area contributed by atoms with Gasteiger partial charge in [-0.3, -0.25) is 0 Å². The molecule has 1 aromatic carbocycles. The van der Waals surface area contributed by atoms with Gasteiger partial charge in [-0.2, -0.15) is 4.31 Å². The van der Waals surface area contributed by atoms with E-state index in [9.17, 15) is 13.2 Å². The summed E-state index contributed by atoms with van der Waals surface area (Å²) in [6.07, 6.45) is 1.95. The van der Waals surface area contributed by atoms with E-state index in [1.54, 1.807) is 24.3 Å². The van der Waals surface area contributed by atoms with Crippen LogP contribution in [0.4, 0.5) is 4.79 Å². The van der Waals surface area contributed by atoms with Crippen molar-refractivity contribution in [2.24, 2.45) is 0 Å². The van der Waals surface area contributed by atoms with Gasteiger partial charge in [0.15, 0.2) is 0 Å². The number of nitrogens with zero attached hydrogens (tertiary/aromatic N) is 1. The minimum absolute atomic E-state index is 0.131. The topological polar surface area (TPSA) is 87.7 Å². The molecule has 1 unspecified atom stereocenters. The molecule has 1 heterocycles. The van der Waals surface area contributed by atoms with E-state index in [1.807, 2.05) is 6.92 Å². The van der Waals surface area contributed by atoms with Crippen molar-refractivity contribution >= 4 is 16.1 Å². The minimum Gasteiger partial charge on any atom is -0.379 e. The number of amides is 2. The van der Waals surface area contributed by atoms with Gasteiger partial charge in [0.25, 0.3) is 0 Å². The summed E-state index contributed by atoms with van der Waals surface area (Å²) < 4.78 is 31.7. The molecule has 0 spiro atoms. The second kappa shape index (κ2) is 9.17. The molecule has 25 heavy (non-hydrogen) atoms. The number of hydrogen-bond donors (Lipinski definition) is 2. The number of carbonyl (C=O) groups excluding carboxylic acids is 1. The van der Waals surface area contributed by atoms with Crippen molar-refractivity contribution in [3.8, 4) is 0 Å². The Hall–Kier alpha value is -1.64. The van der Waals surface area contributed by atoms with E-state index in [2.05, 4.69) is 17.6 Å². The standard InChI is InChI=1S/C17H27N3O4S/c1-3-4-14(2)19-17(21)18-13-15-5-7-16(8-6-15)25(22,23)20-9-11-24-12-10-20/h5-8,14H,3-4,9-13H2,1-2H3,(H2,18,19,21). The van der Waals surface area contributed by atoms with Crippen LogP contribution in [-0.4, -0.2) is 51.1 Å². The lowest BCUT2D eigenvalue weighted by Gasteiger charge is -2.26. The Bertz CT molecular complexity index is 655. The molecule has 2 rings (SSSR count). The molecular weight excluding hydrogens is 342 g/mol. The van der Waals surface area contributed by atoms with Crippen molar-refractivity contribution in [2.75, 3.05) is 26.3 Å². The Kier molecular flexibility index (Phi) is 7.22. The van der Waals surface area contributed by atoms with E-state index in [0.29, 0.717) is 32.8 Å². The fourth-order valence-corrected chi connectivity index (χ4v) is 4.09. The van der Waals surface area contributed by atoms with Gasteiger partial charge in [0.05, 0.1) is 18.1 Å². The van der Waals surface area contributed by atoms with Crippen LogP contribution in [0.3, 0.4) is 0 Å². The predicted molar refractivity (Wildman–Crippen MR) is 95.8 cm³/mol. The molecule has 2 N–H and O–H groups in total. The van der Waals surface area contributed by atoms with Crippen LogP contribution in [0.25, 0.3) is 0 Å². The van der Waals surface area contributed by atoms with Gasteiger partial charge in [-0.25, -0.2) is 13.2 Å². The maximum Gasteiger partial charge on any atom is 0.315 e. The number of rotatable bonds is 7. The first-order chi connectivity index (χ1) is 11.9. The van der Waals surface area contributed by atoms with Crippen LogP contribution in [0, 0.1) is 0 Å². The van der Waals surface area contributed by atoms with Crippen molar-refractivity contribution in [1.29, 1.82) is 0 Å². The first-order valence-corrected chi connectivity index (χ1v) is 10.1. The van der Waals surface area contributed by atoms with E-state index in [-0.39, 0.29) is 17.0 Å². The molecule has 1 fully saturated rings. The second-order valence-corrected chi connectivity index (χ2v) is 8.12. The summed E-state index contributed by atoms with van der Waals surface area (Å²) in [5.41, 5.74) is 0.847. The van der Waals surface area contributed by atoms with Gasteiger partial charge in [0.2, 0.25) is 10.0 Å². The Morgan fingerprint density at radius 2 is 1.88 bits per heavy atom. The minimum atomic E-state index is -3.48. The van der Waals surface area contributed by atoms with Crippen molar-refractivity contribution in [2.45, 2.75) is 44.2 Å². The highest BCUT2D eigenvalue weighted by Gasteiger charge is 2.26. The van der Waals surface area contributed by atoms with Gasteiger partial charge >= 0.3 is 6.03 Å². The first-order valence-electron chi connectivity index (χ1n) is 8.64. The highest BCUT2D eigenvalue weighted by atomic mass is 32.2. The molecule has 0 saturated carbocycles. The number of sulfonamides is 1. The fraction of sp³-hybridized carbons (Fsp3) is 0.588. The molecule has 140 valence electrons. The van der Waals surface area contributed by atoms with Crippen LogP contribution >= 0.6 is 0 Å². The molecule has 2 amide bonds. The van der Waals surface area contributed by atoms with Crippen LogP contribution in [0.5, 0.6) is 0 Å². The lowest BCUT2D eigenvalue weighted by molar-refractivity contribution is 0.0730. The summed E-state index contributed by atoms with van der Waals surface area (Å²) in [6.45, 7) is 5.99. The van der Waals surface area contributed by atoms with E-state index in [4.69, 9.17) is 4.74 Å². The Labute approximate surface area is 149 Å². The van der Waals surface area contributed by atoms with Crippen LogP contribution in [0.15, 0.2) is 29.2 Å². The number of nitrogens with one attached hydrogen (secondary N) is 2. The summed E-state index contributed by atoms with van der Waals surface area (Å²) in [7, 11) is -3.48. The number of benzene rings is 1. The zero-order chi connectivity index (χ0) is 18.3. The SMILES string of the molecule is CCCC(C)NC(=O)NCc1ccc(S(=O)(=O)N2CCOCC2)cc1. The van der Waals surface area contributed by atoms with Gasteiger partial charge in [0, 0.05) is 25.7 Å². The highest BCUT2D eigenvalue weighted by molar-refractivity contribution is 7.89. The number of carbonyl (C=O) groups is 1. The fourth-order valence-electron chi connectivity index (χ4n) is 2.68. The Morgan fingerprint density at radius 3 is 2.48 bits per heavy atom. The summed E-state index contributed by atoms with van der Waals surface area (Å²) in [6, 6.07) is 6.53. The first kappa shape index (κ1) is 19.7. The van der Waals surface area contributed by atoms with Gasteiger partial charge < -0.3 is 15.4 Å². The van der Waals surface area contributed by atoms with Gasteiger partial charge in [-0.1, -0.05) is 25.5 Å². The average Bonchev–Trinajstić information content (AvgIpc) is 2.61. The molecule has 0 radical (unpaired) electrons. The van der Waals surface area contributed by atoms with E-state index < -0.39 is 10.0 Å². The Balaban J connectivity index is 1.90. The van der Waals surface area contributed by atoms with Crippen LogP contribution < -0.4 is 10.6 Å². The van der Waals surface area contributed by atoms with Crippen molar-refractivity contribution in [1.82, 2.24) is 14.9 Å². The molecule has 0 aromatic heterocycles. The number of urea groups is 1. The molecule has 0 bridgehead atoms. The third-order valence-corrected chi connectivity index (χ3v) is 6.00. The zero-order valence-electron chi connectivity index (χ0n) is 14.8. The third-order valence-electron chi connectivity index (χ3n) is 4.08. The normalized spacial score (nSPS) is 17.0. The van der Waals surface area contributed by atoms with E-state index in [1.165, 1.54) is 4.31 Å². The zero-order valence-corrected chi connectivity index (χ0v) is 15.6. The molecule has 8 heteroatoms. The van der Waals surface area contributed by atoms with Crippen molar-refractivity contribution < 1.29 is 17.9 Å². The maximum atomic E-state index is 12.5. The number of morpholine rings is 1. The van der Waals surface area contributed by atoms with Crippen molar-refractivity contribution in [3.05, 3.63) is 29.8 Å². The summed E-state index contributed by atoms with van der Waals surface area (Å²) in [4.78, 5) is 12.1. The molecule has 1 aromatic rings. The smallest absolute Gasteiger partial charge is 0.315 e. The largest absolute Gasteiger partial charge is 0.379 e. The highest BCUT2D eigenvalue weighted by Crippen LogP contribution is 2.17. The Morgan fingerprint density at radius 1 is 1.24 bits per heavy atom. The quantitative estimate of drug-likeness (QED) is 0.766. The van der Waals surface area contributed by atoms with Crippen LogP contribution in [-0.2, 0) is 21.3 Å². The molecule has 0 aliphatic carbocycles. The molecule has 7 nitrogen and oxygen atoms in total. The van der Waals surface area contributed by atoms with Crippen LogP contribution in [0.1, 0.15) is 32.3 Å². The number of hydrogen-bond acceptors (Lipinski definition) is 4. The summed E-state index contributed by atoms with van der Waals surface area (Å²) in [5.74, 6) is 0. The molecule has 1 aliphatic heterocycles. The van der Waals surface area contributed by atoms with Gasteiger partial charge in [0.1, 0.15) is 0 Å². The van der Waals surface area contributed by atoms with Gasteiger partial charge in [-0.05, 0) is 31.0 Å². The van der Waals surface area contributed by atoms with E-state index >= 15 is 0 Å². The number of ether oxygens (including phenoxy) is 1. The third kappa shape index (κ3) is 5.69. The average molecular weight is 369 g/mol. The molecule has 1 aliphatic rings. The van der Waals surface area contributed by atoms with Crippen molar-refractivity contribution in [3.63, 3.8) is 0 Å². The predicted octanol–water partition coefficient (Wildman–Crippen LogP) is 1.70. The second-order valence-electron chi connectivity index (χ2n) is 6.18. The maximum absolute atomic E-state index is 12.5. The molecule has 1 saturated heterocycles. The molecule has 1 atom stereocenters. The van der Waals surface area contributed by atoms with E-state index in [0.717, 1.165) is 18.4 Å². The van der Waals surface area contributed by atoms with Crippen LogP contribution in [0.2, 0.25) is 0 Å². The monoisotopic (exact) mass is 369 g/mol. The summed E-state index contributed by atoms with van der Waals surface area (Å²) >= 11 is 0. The summed E-state index contributed by atoms with van der Waals surface area (Å²) in [5, 5.41) is 5.65. The van der Waals surface area contributed by atoms with Gasteiger partial charge in [-0.15, -0.1) is 0 Å². The molecular formula is C17H27N3O4S. The lowest BCUT2D eigenvalue weighted by atomic mass is 10.2. The lowest BCUT2D eigenvalue weighted by Crippen LogP contribution is -2.40.